The second-order valence-electron chi connectivity index (χ2n) is 7.53. The molecule has 3 rings (SSSR count). The first kappa shape index (κ1) is 21.6. The normalized spacial score (nSPS) is 15.7. The van der Waals surface area contributed by atoms with Crippen molar-refractivity contribution >= 4 is 5.97 Å². The number of hydrogen-bond acceptors (Lipinski definition) is 5. The molecule has 1 aliphatic heterocycles. The summed E-state index contributed by atoms with van der Waals surface area (Å²) in [5, 5.41) is 0. The fourth-order valence-corrected chi connectivity index (χ4v) is 3.63. The van der Waals surface area contributed by atoms with Gasteiger partial charge in [-0.25, -0.2) is 9.18 Å². The molecule has 0 spiro atoms. The predicted octanol–water partition coefficient (Wildman–Crippen LogP) is 0.698. The molecule has 1 aromatic carbocycles. The highest BCUT2D eigenvalue weighted by Gasteiger charge is 2.39. The Morgan fingerprint density at radius 2 is 2.03 bits per heavy atom. The molecule has 1 aliphatic rings. The number of nitrogens with zero attached hydrogens (tertiary/aromatic N) is 1. The fourth-order valence-electron chi connectivity index (χ4n) is 3.63. The first-order valence-electron chi connectivity index (χ1n) is 9.88. The van der Waals surface area contributed by atoms with Crippen LogP contribution in [-0.2, 0) is 16.1 Å². The lowest BCUT2D eigenvalue weighted by molar-refractivity contribution is -0.858. The van der Waals surface area contributed by atoms with Gasteiger partial charge in [0.2, 0.25) is 5.88 Å². The smallest absolute Gasteiger partial charge is 0.340 e. The molecule has 1 aromatic heterocycles. The maximum atomic E-state index is 14.8. The van der Waals surface area contributed by atoms with Crippen LogP contribution in [0.1, 0.15) is 29.7 Å². The Bertz CT molecular complexity index is 1060. The number of aromatic nitrogens is 1. The van der Waals surface area contributed by atoms with Gasteiger partial charge < -0.3 is 24.7 Å². The quantitative estimate of drug-likeness (QED) is 0.677. The van der Waals surface area contributed by atoms with Gasteiger partial charge in [0.05, 0.1) is 45.3 Å². The molecule has 3 N–H and O–H groups in total. The summed E-state index contributed by atoms with van der Waals surface area (Å²) in [6, 6.07) is 7.71. The number of fused-ring (bicyclic) bond motifs is 1. The average Bonchev–Trinajstić information content (AvgIpc) is 2.67. The summed E-state index contributed by atoms with van der Waals surface area (Å²) in [6.45, 7) is 4.75. The van der Waals surface area contributed by atoms with E-state index in [9.17, 15) is 14.0 Å². The number of rotatable bonds is 6. The van der Waals surface area contributed by atoms with Crippen molar-refractivity contribution in [3.63, 3.8) is 0 Å². The Hall–Kier alpha value is -3.13. The number of nitrogens with one attached hydrogen (secondary N) is 1. The lowest BCUT2D eigenvalue weighted by atomic mass is 9.83. The average molecular weight is 416 g/mol. The van der Waals surface area contributed by atoms with Gasteiger partial charge in [0, 0.05) is 17.3 Å². The number of benzene rings is 1. The second kappa shape index (κ2) is 8.71. The zero-order chi connectivity index (χ0) is 22.0. The minimum absolute atomic E-state index is 0.0693. The third-order valence-electron chi connectivity index (χ3n) is 5.12. The molecule has 8 heteroatoms. The number of aryl methyl sites for hydroxylation is 1. The Labute approximate surface area is 174 Å². The maximum absolute atomic E-state index is 14.8. The number of quaternary nitrogens is 1. The van der Waals surface area contributed by atoms with Crippen LogP contribution >= 0.6 is 0 Å². The van der Waals surface area contributed by atoms with Crippen molar-refractivity contribution in [1.82, 2.24) is 4.57 Å². The lowest BCUT2D eigenvalue weighted by Crippen LogP contribution is -3.06. The molecule has 0 amide bonds. The predicted molar refractivity (Wildman–Crippen MR) is 110 cm³/mol. The van der Waals surface area contributed by atoms with E-state index in [0.717, 1.165) is 0 Å². The Kier molecular flexibility index (Phi) is 6.26. The number of ether oxygens (including phenoxy) is 2. The summed E-state index contributed by atoms with van der Waals surface area (Å²) in [5.41, 5.74) is 6.69. The number of pyridine rings is 1. The Morgan fingerprint density at radius 3 is 2.67 bits per heavy atom. The number of nitrogens with two attached hydrogens (primary N) is 1. The highest BCUT2D eigenvalue weighted by Crippen LogP contribution is 2.42. The van der Waals surface area contributed by atoms with E-state index in [1.54, 1.807) is 36.6 Å². The van der Waals surface area contributed by atoms with E-state index in [1.165, 1.54) is 17.0 Å². The van der Waals surface area contributed by atoms with Crippen LogP contribution in [0.2, 0.25) is 0 Å². The number of halogens is 1. The van der Waals surface area contributed by atoms with Crippen LogP contribution in [0.4, 0.5) is 4.39 Å². The molecular formula is C22H27FN3O4+. The van der Waals surface area contributed by atoms with Gasteiger partial charge in [0.25, 0.3) is 5.56 Å². The largest absolute Gasteiger partial charge is 0.462 e. The van der Waals surface area contributed by atoms with E-state index in [2.05, 4.69) is 0 Å². The topological polar surface area (TPSA) is 88.0 Å². The Morgan fingerprint density at radius 1 is 1.33 bits per heavy atom. The fraction of sp³-hybridized carbons (Fsp3) is 0.364. The second-order valence-corrected chi connectivity index (χ2v) is 7.53. The van der Waals surface area contributed by atoms with Crippen molar-refractivity contribution in [2.24, 2.45) is 5.73 Å². The van der Waals surface area contributed by atoms with E-state index >= 15 is 0 Å². The van der Waals surface area contributed by atoms with Gasteiger partial charge in [-0.05, 0) is 19.9 Å². The third kappa shape index (κ3) is 3.95. The molecule has 0 fully saturated rings. The van der Waals surface area contributed by atoms with Gasteiger partial charge >= 0.3 is 5.97 Å². The zero-order valence-electron chi connectivity index (χ0n) is 17.6. The molecule has 0 unspecified atom stereocenters. The van der Waals surface area contributed by atoms with Gasteiger partial charge in [-0.1, -0.05) is 18.2 Å². The zero-order valence-corrected chi connectivity index (χ0v) is 17.6. The van der Waals surface area contributed by atoms with Crippen LogP contribution in [0.3, 0.4) is 0 Å². The molecule has 0 aliphatic carbocycles. The first-order valence-corrected chi connectivity index (χ1v) is 9.88. The standard InChI is InChI=1S/C22H26FN3O4/c1-5-29-22(28)19-17(14-8-6-7-9-15(14)23)18-16(30-20(19)24)12-13(2)26(21(18)27)11-10-25(3)4/h6-9,12,17H,5,10-11,24H2,1-4H3/p+1/t17-/m0/s1. The summed E-state index contributed by atoms with van der Waals surface area (Å²) < 4.78 is 27.2. The summed E-state index contributed by atoms with van der Waals surface area (Å²) in [7, 11) is 3.98. The van der Waals surface area contributed by atoms with Crippen LogP contribution < -0.4 is 20.9 Å². The summed E-state index contributed by atoms with van der Waals surface area (Å²) in [6.07, 6.45) is 0. The van der Waals surface area contributed by atoms with Crippen LogP contribution in [0.5, 0.6) is 5.75 Å². The SMILES string of the molecule is CCOC(=O)C1=C(N)Oc2cc(C)n(CC[NH+](C)C)c(=O)c2[C@@H]1c1ccccc1F. The van der Waals surface area contributed by atoms with Gasteiger partial charge in [-0.2, -0.15) is 0 Å². The molecular weight excluding hydrogens is 389 g/mol. The van der Waals surface area contributed by atoms with Crippen LogP contribution in [0.15, 0.2) is 46.6 Å². The van der Waals surface area contributed by atoms with Crippen molar-refractivity contribution in [2.75, 3.05) is 27.2 Å². The molecule has 30 heavy (non-hydrogen) atoms. The summed E-state index contributed by atoms with van der Waals surface area (Å²) in [5.74, 6) is -2.28. The van der Waals surface area contributed by atoms with Crippen LogP contribution in [-0.4, -0.2) is 37.8 Å². The number of carbonyl (C=O) groups is 1. The highest BCUT2D eigenvalue weighted by atomic mass is 19.1. The van der Waals surface area contributed by atoms with E-state index < -0.39 is 17.7 Å². The number of likely N-dealkylation sites (N-methyl/N-ethyl adjacent to an activating group) is 1. The maximum Gasteiger partial charge on any atom is 0.340 e. The minimum Gasteiger partial charge on any atom is -0.462 e. The van der Waals surface area contributed by atoms with Crippen molar-refractivity contribution in [1.29, 1.82) is 0 Å². The van der Waals surface area contributed by atoms with Gasteiger partial charge in [0.1, 0.15) is 17.1 Å². The first-order chi connectivity index (χ1) is 14.3. The van der Waals surface area contributed by atoms with Crippen molar-refractivity contribution in [2.45, 2.75) is 26.3 Å². The molecule has 160 valence electrons. The van der Waals surface area contributed by atoms with Gasteiger partial charge in [0.15, 0.2) is 0 Å². The number of esters is 1. The highest BCUT2D eigenvalue weighted by molar-refractivity contribution is 5.92. The van der Waals surface area contributed by atoms with E-state index in [1.807, 2.05) is 14.1 Å². The summed E-state index contributed by atoms with van der Waals surface area (Å²) in [4.78, 5) is 27.4. The molecule has 7 nitrogen and oxygen atoms in total. The van der Waals surface area contributed by atoms with E-state index in [-0.39, 0.29) is 40.5 Å². The monoisotopic (exact) mass is 416 g/mol. The Balaban J connectivity index is 2.27. The third-order valence-corrected chi connectivity index (χ3v) is 5.12. The molecule has 2 aromatic rings. The number of hydrogen-bond donors (Lipinski definition) is 2. The summed E-state index contributed by atoms with van der Waals surface area (Å²) >= 11 is 0. The minimum atomic E-state index is -1.03. The molecule has 0 radical (unpaired) electrons. The van der Waals surface area contributed by atoms with Crippen LogP contribution in [0.25, 0.3) is 0 Å². The van der Waals surface area contributed by atoms with E-state index in [0.29, 0.717) is 18.8 Å². The molecule has 2 heterocycles. The van der Waals surface area contributed by atoms with Gasteiger partial charge in [-0.3, -0.25) is 4.79 Å². The molecule has 0 saturated carbocycles. The van der Waals surface area contributed by atoms with Gasteiger partial charge in [-0.15, -0.1) is 0 Å². The van der Waals surface area contributed by atoms with Crippen molar-refractivity contribution < 1.29 is 23.6 Å². The van der Waals surface area contributed by atoms with Crippen LogP contribution in [0, 0.1) is 12.7 Å². The van der Waals surface area contributed by atoms with Crippen molar-refractivity contribution in [3.05, 3.63) is 74.8 Å². The van der Waals surface area contributed by atoms with Crippen molar-refractivity contribution in [3.8, 4) is 5.75 Å². The lowest BCUT2D eigenvalue weighted by Gasteiger charge is -2.29. The van der Waals surface area contributed by atoms with E-state index in [4.69, 9.17) is 15.2 Å². The molecule has 1 atom stereocenters. The molecule has 0 saturated heterocycles. The number of carbonyl (C=O) groups excluding carboxylic acids is 1. The molecule has 0 bridgehead atoms.